The number of anilines is 2. The molecule has 3 rings (SSSR count). The highest BCUT2D eigenvalue weighted by molar-refractivity contribution is 7.92. The van der Waals surface area contributed by atoms with E-state index >= 15 is 0 Å². The van der Waals surface area contributed by atoms with Crippen LogP contribution in [0.15, 0.2) is 35.2 Å². The number of amides is 1. The number of carbonyl (C=O) groups is 1. The van der Waals surface area contributed by atoms with E-state index in [0.29, 0.717) is 24.4 Å². The average molecular weight is 403 g/mol. The first-order chi connectivity index (χ1) is 13.2. The van der Waals surface area contributed by atoms with E-state index in [4.69, 9.17) is 4.74 Å². The van der Waals surface area contributed by atoms with Gasteiger partial charge < -0.3 is 9.64 Å². The molecule has 1 heterocycles. The summed E-state index contributed by atoms with van der Waals surface area (Å²) in [7, 11) is -2.17. The number of nitrogens with one attached hydrogen (secondary N) is 1. The second-order valence-corrected chi connectivity index (χ2v) is 8.88. The SMILES string of the molecule is COc1c(C)cc(S(=O)(=O)Nc2ccc(N3CCCCC3=O)c(C)c2)cc1C. The molecule has 1 aliphatic heterocycles. The van der Waals surface area contributed by atoms with Crippen molar-refractivity contribution in [2.24, 2.45) is 0 Å². The largest absolute Gasteiger partial charge is 0.496 e. The van der Waals surface area contributed by atoms with Gasteiger partial charge in [0, 0.05) is 24.3 Å². The number of ether oxygens (including phenoxy) is 1. The van der Waals surface area contributed by atoms with Crippen LogP contribution in [0.1, 0.15) is 36.0 Å². The molecule has 1 fully saturated rings. The molecule has 0 atom stereocenters. The van der Waals surface area contributed by atoms with E-state index in [2.05, 4.69) is 4.72 Å². The zero-order chi connectivity index (χ0) is 20.5. The first-order valence-electron chi connectivity index (χ1n) is 9.32. The maximum Gasteiger partial charge on any atom is 0.261 e. The number of hydrogen-bond acceptors (Lipinski definition) is 4. The van der Waals surface area contributed by atoms with Gasteiger partial charge in [-0.25, -0.2) is 8.42 Å². The van der Waals surface area contributed by atoms with Crippen molar-refractivity contribution in [2.45, 2.75) is 44.9 Å². The Morgan fingerprint density at radius 2 is 1.68 bits per heavy atom. The first kappa shape index (κ1) is 20.2. The lowest BCUT2D eigenvalue weighted by molar-refractivity contribution is -0.119. The number of hydrogen-bond donors (Lipinski definition) is 1. The van der Waals surface area contributed by atoms with Crippen LogP contribution in [0.2, 0.25) is 0 Å². The van der Waals surface area contributed by atoms with Gasteiger partial charge in [-0.2, -0.15) is 0 Å². The number of sulfonamides is 1. The molecule has 0 aliphatic carbocycles. The number of rotatable bonds is 5. The second-order valence-electron chi connectivity index (χ2n) is 7.20. The highest BCUT2D eigenvalue weighted by Gasteiger charge is 2.22. The van der Waals surface area contributed by atoms with Gasteiger partial charge in [-0.3, -0.25) is 9.52 Å². The quantitative estimate of drug-likeness (QED) is 0.822. The highest BCUT2D eigenvalue weighted by atomic mass is 32.2. The van der Waals surface area contributed by atoms with Crippen LogP contribution in [-0.4, -0.2) is 28.0 Å². The molecule has 150 valence electrons. The third-order valence-electron chi connectivity index (χ3n) is 5.01. The van der Waals surface area contributed by atoms with E-state index in [1.54, 1.807) is 42.3 Å². The fourth-order valence-electron chi connectivity index (χ4n) is 3.68. The maximum absolute atomic E-state index is 12.8. The van der Waals surface area contributed by atoms with Crippen LogP contribution in [0.3, 0.4) is 0 Å². The van der Waals surface area contributed by atoms with Crippen molar-refractivity contribution in [3.05, 3.63) is 47.0 Å². The van der Waals surface area contributed by atoms with Crippen molar-refractivity contribution in [3.8, 4) is 5.75 Å². The predicted molar refractivity (Wildman–Crippen MR) is 111 cm³/mol. The van der Waals surface area contributed by atoms with E-state index in [-0.39, 0.29) is 10.8 Å². The van der Waals surface area contributed by atoms with Crippen molar-refractivity contribution in [1.29, 1.82) is 0 Å². The Hall–Kier alpha value is -2.54. The van der Waals surface area contributed by atoms with Crippen molar-refractivity contribution in [3.63, 3.8) is 0 Å². The summed E-state index contributed by atoms with van der Waals surface area (Å²) < 4.78 is 33.6. The third kappa shape index (κ3) is 3.99. The molecule has 2 aromatic rings. The summed E-state index contributed by atoms with van der Waals surface area (Å²) in [4.78, 5) is 14.1. The highest BCUT2D eigenvalue weighted by Crippen LogP contribution is 2.30. The molecule has 7 heteroatoms. The lowest BCUT2D eigenvalue weighted by Gasteiger charge is -2.28. The Bertz CT molecular complexity index is 992. The molecule has 1 N–H and O–H groups in total. The van der Waals surface area contributed by atoms with Crippen molar-refractivity contribution in [1.82, 2.24) is 0 Å². The summed E-state index contributed by atoms with van der Waals surface area (Å²) in [5.74, 6) is 0.803. The molecule has 1 saturated heterocycles. The fourth-order valence-corrected chi connectivity index (χ4v) is 4.90. The monoisotopic (exact) mass is 402 g/mol. The normalized spacial score (nSPS) is 14.9. The molecule has 2 aromatic carbocycles. The third-order valence-corrected chi connectivity index (χ3v) is 6.37. The number of benzene rings is 2. The van der Waals surface area contributed by atoms with Gasteiger partial charge >= 0.3 is 0 Å². The molecule has 1 amide bonds. The van der Waals surface area contributed by atoms with Crippen LogP contribution in [-0.2, 0) is 14.8 Å². The molecule has 0 radical (unpaired) electrons. The molecule has 0 saturated carbocycles. The Balaban J connectivity index is 1.87. The van der Waals surface area contributed by atoms with Crippen molar-refractivity contribution >= 4 is 27.3 Å². The minimum atomic E-state index is -3.73. The van der Waals surface area contributed by atoms with E-state index in [1.807, 2.05) is 20.8 Å². The van der Waals surface area contributed by atoms with Crippen molar-refractivity contribution in [2.75, 3.05) is 23.3 Å². The lowest BCUT2D eigenvalue weighted by Crippen LogP contribution is -2.35. The molecule has 6 nitrogen and oxygen atoms in total. The van der Waals surface area contributed by atoms with Gasteiger partial charge in [-0.15, -0.1) is 0 Å². The van der Waals surface area contributed by atoms with Crippen LogP contribution >= 0.6 is 0 Å². The van der Waals surface area contributed by atoms with Gasteiger partial charge in [-0.05, 0) is 80.6 Å². The standard InChI is InChI=1S/C21H26N2O4S/c1-14-11-17(8-9-19(14)23-10-6-5-7-20(23)24)22-28(25,26)18-12-15(2)21(27-4)16(3)13-18/h8-9,11-13,22H,5-7,10H2,1-4H3. The van der Waals surface area contributed by atoms with Gasteiger partial charge in [-0.1, -0.05) is 0 Å². The van der Waals surface area contributed by atoms with Crippen LogP contribution in [0, 0.1) is 20.8 Å². The second kappa shape index (κ2) is 7.83. The van der Waals surface area contributed by atoms with Gasteiger partial charge in [0.1, 0.15) is 5.75 Å². The van der Waals surface area contributed by atoms with E-state index < -0.39 is 10.0 Å². The van der Waals surface area contributed by atoms with E-state index in [1.165, 1.54) is 0 Å². The zero-order valence-electron chi connectivity index (χ0n) is 16.7. The summed E-state index contributed by atoms with van der Waals surface area (Å²) in [5.41, 5.74) is 3.69. The van der Waals surface area contributed by atoms with Gasteiger partial charge in [0.25, 0.3) is 10.0 Å². The lowest BCUT2D eigenvalue weighted by atomic mass is 10.1. The molecule has 0 spiro atoms. The number of aryl methyl sites for hydroxylation is 3. The fraction of sp³-hybridized carbons (Fsp3) is 0.381. The molecule has 28 heavy (non-hydrogen) atoms. The van der Waals surface area contributed by atoms with Gasteiger partial charge in [0.2, 0.25) is 5.91 Å². The Labute approximate surface area is 166 Å². The Morgan fingerprint density at radius 1 is 1.00 bits per heavy atom. The minimum Gasteiger partial charge on any atom is -0.496 e. The number of nitrogens with zero attached hydrogens (tertiary/aromatic N) is 1. The minimum absolute atomic E-state index is 0.117. The van der Waals surface area contributed by atoms with Gasteiger partial charge in [0.15, 0.2) is 0 Å². The molecule has 0 unspecified atom stereocenters. The summed E-state index contributed by atoms with van der Waals surface area (Å²) in [6, 6.07) is 8.47. The van der Waals surface area contributed by atoms with Crippen LogP contribution in [0.4, 0.5) is 11.4 Å². The maximum atomic E-state index is 12.8. The molecular weight excluding hydrogens is 376 g/mol. The Kier molecular flexibility index (Phi) is 5.65. The van der Waals surface area contributed by atoms with Crippen LogP contribution < -0.4 is 14.4 Å². The molecule has 0 bridgehead atoms. The van der Waals surface area contributed by atoms with Crippen molar-refractivity contribution < 1.29 is 17.9 Å². The molecule has 1 aliphatic rings. The number of piperidine rings is 1. The molecular formula is C21H26N2O4S. The number of carbonyl (C=O) groups excluding carboxylic acids is 1. The van der Waals surface area contributed by atoms with E-state index in [0.717, 1.165) is 35.2 Å². The average Bonchev–Trinajstić information content (AvgIpc) is 2.62. The first-order valence-corrected chi connectivity index (χ1v) is 10.8. The molecule has 0 aromatic heterocycles. The summed E-state index contributed by atoms with van der Waals surface area (Å²) in [5, 5.41) is 0. The Morgan fingerprint density at radius 3 is 2.25 bits per heavy atom. The summed E-state index contributed by atoms with van der Waals surface area (Å²) in [6.07, 6.45) is 2.46. The van der Waals surface area contributed by atoms with Crippen LogP contribution in [0.25, 0.3) is 0 Å². The summed E-state index contributed by atoms with van der Waals surface area (Å²) in [6.45, 7) is 6.23. The predicted octanol–water partition coefficient (Wildman–Crippen LogP) is 3.94. The van der Waals surface area contributed by atoms with E-state index in [9.17, 15) is 13.2 Å². The zero-order valence-corrected chi connectivity index (χ0v) is 17.5. The number of methoxy groups -OCH3 is 1. The van der Waals surface area contributed by atoms with Gasteiger partial charge in [0.05, 0.1) is 12.0 Å². The van der Waals surface area contributed by atoms with Crippen LogP contribution in [0.5, 0.6) is 5.75 Å². The smallest absolute Gasteiger partial charge is 0.261 e. The summed E-state index contributed by atoms with van der Waals surface area (Å²) >= 11 is 0. The topological polar surface area (TPSA) is 75.7 Å².